The van der Waals surface area contributed by atoms with E-state index in [4.69, 9.17) is 0 Å². The topological polar surface area (TPSA) is 92.3 Å². The summed E-state index contributed by atoms with van der Waals surface area (Å²) in [5.41, 5.74) is 2.57. The van der Waals surface area contributed by atoms with Gasteiger partial charge in [-0.3, -0.25) is 9.59 Å². The predicted molar refractivity (Wildman–Crippen MR) is 115 cm³/mol. The van der Waals surface area contributed by atoms with E-state index in [1.807, 2.05) is 38.1 Å². The lowest BCUT2D eigenvalue weighted by molar-refractivity contribution is -0.121. The number of hydrogen-bond donors (Lipinski definition) is 2. The molecule has 1 heterocycles. The van der Waals surface area contributed by atoms with Crippen LogP contribution in [0, 0.1) is 6.92 Å². The lowest BCUT2D eigenvalue weighted by Crippen LogP contribution is -2.25. The standard InChI is InChI=1S/C21H24N2O4S2/c1-14-5-3-4-6-16(14)13-22-20(24)9-10-29(26,27)17-7-8-19-18(12-17)23-21(25)11-15(2)28-19/h3-8,12,15H,9-11,13H2,1-2H3,(H,22,24)(H,23,25). The smallest absolute Gasteiger partial charge is 0.225 e. The Morgan fingerprint density at radius 1 is 1.24 bits per heavy atom. The first-order valence-corrected chi connectivity index (χ1v) is 11.9. The molecule has 8 heteroatoms. The normalized spacial score (nSPS) is 16.5. The van der Waals surface area contributed by atoms with Gasteiger partial charge in [0, 0.05) is 29.5 Å². The van der Waals surface area contributed by atoms with Gasteiger partial charge in [0.1, 0.15) is 0 Å². The molecule has 2 amide bonds. The highest BCUT2D eigenvalue weighted by Gasteiger charge is 2.22. The summed E-state index contributed by atoms with van der Waals surface area (Å²) in [6.45, 7) is 4.29. The number of sulfone groups is 1. The molecule has 0 saturated carbocycles. The molecule has 0 fully saturated rings. The fourth-order valence-electron chi connectivity index (χ4n) is 3.06. The predicted octanol–water partition coefficient (Wildman–Crippen LogP) is 3.30. The molecule has 2 N–H and O–H groups in total. The summed E-state index contributed by atoms with van der Waals surface area (Å²) in [5.74, 6) is -0.735. The largest absolute Gasteiger partial charge is 0.352 e. The Bertz CT molecular complexity index is 1030. The number of benzene rings is 2. The van der Waals surface area contributed by atoms with Crippen molar-refractivity contribution in [2.45, 2.75) is 48.3 Å². The molecule has 29 heavy (non-hydrogen) atoms. The maximum Gasteiger partial charge on any atom is 0.225 e. The van der Waals surface area contributed by atoms with Crippen molar-refractivity contribution in [2.75, 3.05) is 11.1 Å². The molecule has 2 aromatic rings. The first-order chi connectivity index (χ1) is 13.7. The van der Waals surface area contributed by atoms with Gasteiger partial charge >= 0.3 is 0 Å². The lowest BCUT2D eigenvalue weighted by atomic mass is 10.1. The van der Waals surface area contributed by atoms with Crippen LogP contribution in [-0.4, -0.2) is 31.2 Å². The Labute approximate surface area is 175 Å². The highest BCUT2D eigenvalue weighted by molar-refractivity contribution is 8.00. The molecule has 1 aliphatic rings. The summed E-state index contributed by atoms with van der Waals surface area (Å²) in [7, 11) is -3.64. The fourth-order valence-corrected chi connectivity index (χ4v) is 5.37. The Balaban J connectivity index is 1.63. The second kappa shape index (κ2) is 9.00. The van der Waals surface area contributed by atoms with Gasteiger partial charge < -0.3 is 10.6 Å². The molecule has 6 nitrogen and oxygen atoms in total. The summed E-state index contributed by atoms with van der Waals surface area (Å²) in [6.07, 6.45) is 0.256. The summed E-state index contributed by atoms with van der Waals surface area (Å²) in [6, 6.07) is 12.4. The number of fused-ring (bicyclic) bond motifs is 1. The molecular formula is C21H24N2O4S2. The summed E-state index contributed by atoms with van der Waals surface area (Å²) < 4.78 is 25.4. The first kappa shape index (κ1) is 21.4. The Morgan fingerprint density at radius 2 is 2.00 bits per heavy atom. The minimum absolute atomic E-state index is 0.110. The highest BCUT2D eigenvalue weighted by Crippen LogP contribution is 2.36. The monoisotopic (exact) mass is 432 g/mol. The Hall–Kier alpha value is -2.32. The van der Waals surface area contributed by atoms with Crippen LogP contribution in [-0.2, 0) is 26.0 Å². The maximum absolute atomic E-state index is 12.7. The molecule has 0 saturated heterocycles. The van der Waals surface area contributed by atoms with E-state index in [2.05, 4.69) is 10.6 Å². The van der Waals surface area contributed by atoms with Gasteiger partial charge in [0.2, 0.25) is 11.8 Å². The molecule has 1 atom stereocenters. The number of carbonyl (C=O) groups excluding carboxylic acids is 2. The minimum atomic E-state index is -3.64. The van der Waals surface area contributed by atoms with Crippen LogP contribution in [0.15, 0.2) is 52.3 Å². The number of aryl methyl sites for hydroxylation is 1. The number of hydrogen-bond acceptors (Lipinski definition) is 5. The van der Waals surface area contributed by atoms with Gasteiger partial charge in [0.05, 0.1) is 16.3 Å². The second-order valence-electron chi connectivity index (χ2n) is 7.11. The Morgan fingerprint density at radius 3 is 2.76 bits per heavy atom. The lowest BCUT2D eigenvalue weighted by Gasteiger charge is -2.11. The number of thioether (sulfide) groups is 1. The minimum Gasteiger partial charge on any atom is -0.352 e. The van der Waals surface area contributed by atoms with Crippen molar-refractivity contribution < 1.29 is 18.0 Å². The zero-order valence-electron chi connectivity index (χ0n) is 16.4. The van der Waals surface area contributed by atoms with Crippen molar-refractivity contribution in [2.24, 2.45) is 0 Å². The summed E-state index contributed by atoms with van der Waals surface area (Å²) in [5, 5.41) is 5.66. The molecule has 0 aliphatic carbocycles. The van der Waals surface area contributed by atoms with Gasteiger partial charge in [-0.1, -0.05) is 31.2 Å². The zero-order valence-corrected chi connectivity index (χ0v) is 18.0. The van der Waals surface area contributed by atoms with Crippen LogP contribution in [0.25, 0.3) is 0 Å². The van der Waals surface area contributed by atoms with E-state index >= 15 is 0 Å². The van der Waals surface area contributed by atoms with Gasteiger partial charge in [-0.15, -0.1) is 11.8 Å². The second-order valence-corrected chi connectivity index (χ2v) is 10.7. The van der Waals surface area contributed by atoms with Crippen molar-refractivity contribution in [3.8, 4) is 0 Å². The van der Waals surface area contributed by atoms with Crippen molar-refractivity contribution >= 4 is 39.1 Å². The van der Waals surface area contributed by atoms with Crippen LogP contribution in [0.4, 0.5) is 5.69 Å². The maximum atomic E-state index is 12.7. The molecule has 0 spiro atoms. The SMILES string of the molecule is Cc1ccccc1CNC(=O)CCS(=O)(=O)c1ccc2c(c1)NC(=O)CC(C)S2. The van der Waals surface area contributed by atoms with E-state index in [1.165, 1.54) is 23.9 Å². The van der Waals surface area contributed by atoms with Crippen molar-refractivity contribution in [1.29, 1.82) is 0 Å². The van der Waals surface area contributed by atoms with Gasteiger partial charge in [0.15, 0.2) is 9.84 Å². The molecular weight excluding hydrogens is 408 g/mol. The summed E-state index contributed by atoms with van der Waals surface area (Å²) in [4.78, 5) is 25.0. The molecule has 154 valence electrons. The van der Waals surface area contributed by atoms with E-state index in [0.29, 0.717) is 18.7 Å². The van der Waals surface area contributed by atoms with E-state index in [1.54, 1.807) is 6.07 Å². The third kappa shape index (κ3) is 5.61. The average Bonchev–Trinajstić information content (AvgIpc) is 2.81. The van der Waals surface area contributed by atoms with Gasteiger partial charge in [0.25, 0.3) is 0 Å². The molecule has 1 aliphatic heterocycles. The first-order valence-electron chi connectivity index (χ1n) is 9.39. The van der Waals surface area contributed by atoms with Gasteiger partial charge in [-0.25, -0.2) is 8.42 Å². The number of amides is 2. The van der Waals surface area contributed by atoms with E-state index in [9.17, 15) is 18.0 Å². The van der Waals surface area contributed by atoms with E-state index in [0.717, 1.165) is 16.0 Å². The van der Waals surface area contributed by atoms with Gasteiger partial charge in [-0.2, -0.15) is 0 Å². The van der Waals surface area contributed by atoms with Crippen LogP contribution >= 0.6 is 11.8 Å². The van der Waals surface area contributed by atoms with Crippen molar-refractivity contribution in [3.05, 3.63) is 53.6 Å². The zero-order chi connectivity index (χ0) is 21.0. The molecule has 0 aromatic heterocycles. The number of rotatable bonds is 6. The third-order valence-corrected chi connectivity index (χ3v) is 7.61. The number of anilines is 1. The summed E-state index contributed by atoms with van der Waals surface area (Å²) >= 11 is 1.54. The number of carbonyl (C=O) groups is 2. The fraction of sp³-hybridized carbons (Fsp3) is 0.333. The van der Waals surface area contributed by atoms with E-state index in [-0.39, 0.29) is 34.1 Å². The Kier molecular flexibility index (Phi) is 6.64. The van der Waals surface area contributed by atoms with Crippen LogP contribution < -0.4 is 10.6 Å². The van der Waals surface area contributed by atoms with Gasteiger partial charge in [-0.05, 0) is 36.2 Å². The van der Waals surface area contributed by atoms with Crippen LogP contribution in [0.1, 0.15) is 30.9 Å². The molecule has 3 rings (SSSR count). The highest BCUT2D eigenvalue weighted by atomic mass is 32.2. The van der Waals surface area contributed by atoms with Crippen LogP contribution in [0.3, 0.4) is 0 Å². The third-order valence-electron chi connectivity index (χ3n) is 4.72. The van der Waals surface area contributed by atoms with E-state index < -0.39 is 9.84 Å². The van der Waals surface area contributed by atoms with Crippen molar-refractivity contribution in [1.82, 2.24) is 5.32 Å². The van der Waals surface area contributed by atoms with Crippen molar-refractivity contribution in [3.63, 3.8) is 0 Å². The molecule has 0 radical (unpaired) electrons. The molecule has 2 aromatic carbocycles. The van der Waals surface area contributed by atoms with Crippen LogP contribution in [0.5, 0.6) is 0 Å². The molecule has 1 unspecified atom stereocenters. The molecule has 0 bridgehead atoms. The van der Waals surface area contributed by atoms with Crippen LogP contribution in [0.2, 0.25) is 0 Å². The average molecular weight is 433 g/mol. The quantitative estimate of drug-likeness (QED) is 0.731. The number of nitrogens with one attached hydrogen (secondary N) is 2.